The van der Waals surface area contributed by atoms with Gasteiger partial charge in [-0.05, 0) is 12.8 Å². The third kappa shape index (κ3) is 2.92. The summed E-state index contributed by atoms with van der Waals surface area (Å²) in [5, 5.41) is 0.516. The predicted octanol–water partition coefficient (Wildman–Crippen LogP) is 1.71. The average Bonchev–Trinajstić information content (AvgIpc) is 2.29. The van der Waals surface area contributed by atoms with Gasteiger partial charge in [0.1, 0.15) is 0 Å². The molecule has 2 N–H and O–H groups in total. The van der Waals surface area contributed by atoms with Crippen molar-refractivity contribution in [1.29, 1.82) is 0 Å². The van der Waals surface area contributed by atoms with Gasteiger partial charge in [-0.3, -0.25) is 4.79 Å². The standard InChI is InChI=1S/C12H24N2OS/c1-5-8(2)11(13)12(15)14-6-7-16-10(4)9(14)3/h8-11H,5-7,13H2,1-4H3/t8-,9?,10?,11-/m0/s1. The summed E-state index contributed by atoms with van der Waals surface area (Å²) in [5.41, 5.74) is 6.01. The summed E-state index contributed by atoms with van der Waals surface area (Å²) in [5.74, 6) is 1.43. The maximum Gasteiger partial charge on any atom is 0.240 e. The van der Waals surface area contributed by atoms with Gasteiger partial charge in [0.05, 0.1) is 6.04 Å². The minimum absolute atomic E-state index is 0.133. The van der Waals surface area contributed by atoms with Gasteiger partial charge >= 0.3 is 0 Å². The van der Waals surface area contributed by atoms with Gasteiger partial charge in [0.25, 0.3) is 0 Å². The van der Waals surface area contributed by atoms with Crippen molar-refractivity contribution in [3.8, 4) is 0 Å². The quantitative estimate of drug-likeness (QED) is 0.822. The fraction of sp³-hybridized carbons (Fsp3) is 0.917. The van der Waals surface area contributed by atoms with Crippen molar-refractivity contribution in [2.24, 2.45) is 11.7 Å². The van der Waals surface area contributed by atoms with Crippen molar-refractivity contribution in [3.63, 3.8) is 0 Å². The molecule has 1 aliphatic heterocycles. The SMILES string of the molecule is CC[C@H](C)[C@H](N)C(=O)N1CCSC(C)C1C. The first-order valence-electron chi connectivity index (χ1n) is 6.16. The lowest BCUT2D eigenvalue weighted by molar-refractivity contribution is -0.135. The highest BCUT2D eigenvalue weighted by atomic mass is 32.2. The number of carbonyl (C=O) groups excluding carboxylic acids is 1. The van der Waals surface area contributed by atoms with Crippen LogP contribution in [0.1, 0.15) is 34.1 Å². The molecule has 0 bridgehead atoms. The topological polar surface area (TPSA) is 46.3 Å². The summed E-state index contributed by atoms with van der Waals surface area (Å²) < 4.78 is 0. The van der Waals surface area contributed by atoms with E-state index in [0.717, 1.165) is 18.7 Å². The van der Waals surface area contributed by atoms with Crippen molar-refractivity contribution in [2.75, 3.05) is 12.3 Å². The molecule has 0 saturated carbocycles. The molecule has 4 heteroatoms. The molecule has 0 aromatic heterocycles. The molecule has 2 unspecified atom stereocenters. The molecule has 16 heavy (non-hydrogen) atoms. The zero-order chi connectivity index (χ0) is 12.3. The van der Waals surface area contributed by atoms with Gasteiger partial charge in [-0.25, -0.2) is 0 Å². The zero-order valence-electron chi connectivity index (χ0n) is 10.8. The monoisotopic (exact) mass is 244 g/mol. The Morgan fingerprint density at radius 3 is 2.75 bits per heavy atom. The molecule has 3 nitrogen and oxygen atoms in total. The lowest BCUT2D eigenvalue weighted by Crippen LogP contribution is -2.55. The largest absolute Gasteiger partial charge is 0.337 e. The van der Waals surface area contributed by atoms with Crippen molar-refractivity contribution in [2.45, 2.75) is 51.4 Å². The summed E-state index contributed by atoms with van der Waals surface area (Å²) in [6.07, 6.45) is 0.958. The van der Waals surface area contributed by atoms with Gasteiger partial charge in [-0.2, -0.15) is 11.8 Å². The van der Waals surface area contributed by atoms with E-state index in [2.05, 4.69) is 27.7 Å². The van der Waals surface area contributed by atoms with Crippen molar-refractivity contribution < 1.29 is 4.79 Å². The molecule has 4 atom stereocenters. The minimum atomic E-state index is -0.331. The van der Waals surface area contributed by atoms with Crippen LogP contribution in [0.2, 0.25) is 0 Å². The highest BCUT2D eigenvalue weighted by molar-refractivity contribution is 8.00. The van der Waals surface area contributed by atoms with Crippen LogP contribution in [0.15, 0.2) is 0 Å². The third-order valence-corrected chi connectivity index (χ3v) is 5.05. The van der Waals surface area contributed by atoms with Gasteiger partial charge in [-0.1, -0.05) is 27.2 Å². The van der Waals surface area contributed by atoms with E-state index in [9.17, 15) is 4.79 Å². The normalized spacial score (nSPS) is 29.9. The second-order valence-electron chi connectivity index (χ2n) is 4.76. The molecule has 0 radical (unpaired) electrons. The van der Waals surface area contributed by atoms with E-state index >= 15 is 0 Å². The molecule has 94 valence electrons. The average molecular weight is 244 g/mol. The van der Waals surface area contributed by atoms with Crippen LogP contribution in [0, 0.1) is 5.92 Å². The van der Waals surface area contributed by atoms with Crippen molar-refractivity contribution >= 4 is 17.7 Å². The Labute approximate surface area is 103 Å². The Morgan fingerprint density at radius 1 is 1.56 bits per heavy atom. The van der Waals surface area contributed by atoms with Crippen LogP contribution in [0.5, 0.6) is 0 Å². The molecular formula is C12H24N2OS. The number of carbonyl (C=O) groups is 1. The lowest BCUT2D eigenvalue weighted by atomic mass is 9.98. The molecule has 1 aliphatic rings. The van der Waals surface area contributed by atoms with E-state index in [0.29, 0.717) is 11.3 Å². The summed E-state index contributed by atoms with van der Waals surface area (Å²) in [6, 6.07) is -0.0240. The zero-order valence-corrected chi connectivity index (χ0v) is 11.6. The number of amides is 1. The Balaban J connectivity index is 2.65. The van der Waals surface area contributed by atoms with Crippen LogP contribution in [0.25, 0.3) is 0 Å². The maximum atomic E-state index is 12.2. The number of thioether (sulfide) groups is 1. The second-order valence-corrected chi connectivity index (χ2v) is 6.24. The molecule has 1 rings (SSSR count). The Kier molecular flexibility index (Phi) is 5.12. The molecule has 1 amide bonds. The molecule has 0 aliphatic carbocycles. The van der Waals surface area contributed by atoms with Gasteiger partial charge in [-0.15, -0.1) is 0 Å². The first-order valence-corrected chi connectivity index (χ1v) is 7.21. The van der Waals surface area contributed by atoms with Crippen molar-refractivity contribution in [3.05, 3.63) is 0 Å². The van der Waals surface area contributed by atoms with Crippen LogP contribution in [0.3, 0.4) is 0 Å². The van der Waals surface area contributed by atoms with E-state index in [-0.39, 0.29) is 17.9 Å². The first kappa shape index (κ1) is 13.8. The Bertz CT molecular complexity index is 247. The maximum absolute atomic E-state index is 12.2. The summed E-state index contributed by atoms with van der Waals surface area (Å²) in [4.78, 5) is 14.2. The lowest BCUT2D eigenvalue weighted by Gasteiger charge is -2.39. The van der Waals surface area contributed by atoms with E-state index in [1.165, 1.54) is 0 Å². The fourth-order valence-electron chi connectivity index (χ4n) is 1.93. The molecule has 1 heterocycles. The smallest absolute Gasteiger partial charge is 0.240 e. The highest BCUT2D eigenvalue weighted by Crippen LogP contribution is 2.25. The number of hydrogen-bond acceptors (Lipinski definition) is 3. The van der Waals surface area contributed by atoms with E-state index in [1.807, 2.05) is 16.7 Å². The van der Waals surface area contributed by atoms with Crippen LogP contribution in [-0.4, -0.2) is 40.4 Å². The molecule has 1 fully saturated rings. The van der Waals surface area contributed by atoms with Crippen LogP contribution in [-0.2, 0) is 4.79 Å². The molecule has 0 aromatic carbocycles. The second kappa shape index (κ2) is 5.92. The molecular weight excluding hydrogens is 220 g/mol. The van der Waals surface area contributed by atoms with E-state index in [4.69, 9.17) is 5.73 Å². The summed E-state index contributed by atoms with van der Waals surface area (Å²) in [7, 11) is 0. The van der Waals surface area contributed by atoms with E-state index < -0.39 is 0 Å². The van der Waals surface area contributed by atoms with Crippen LogP contribution < -0.4 is 5.73 Å². The number of nitrogens with two attached hydrogens (primary N) is 1. The minimum Gasteiger partial charge on any atom is -0.337 e. The molecule has 0 aromatic rings. The number of nitrogens with zero attached hydrogens (tertiary/aromatic N) is 1. The first-order chi connectivity index (χ1) is 7.49. The summed E-state index contributed by atoms with van der Waals surface area (Å²) in [6.45, 7) is 9.28. The predicted molar refractivity (Wildman–Crippen MR) is 70.5 cm³/mol. The van der Waals surface area contributed by atoms with E-state index in [1.54, 1.807) is 0 Å². The van der Waals surface area contributed by atoms with Crippen LogP contribution in [0.4, 0.5) is 0 Å². The number of rotatable bonds is 3. The Morgan fingerprint density at radius 2 is 2.19 bits per heavy atom. The molecule has 1 saturated heterocycles. The van der Waals surface area contributed by atoms with Gasteiger partial charge in [0.15, 0.2) is 0 Å². The fourth-order valence-corrected chi connectivity index (χ4v) is 3.03. The summed E-state index contributed by atoms with van der Waals surface area (Å²) >= 11 is 1.94. The Hall–Kier alpha value is -0.220. The van der Waals surface area contributed by atoms with Crippen LogP contribution >= 0.6 is 11.8 Å². The number of hydrogen-bond donors (Lipinski definition) is 1. The van der Waals surface area contributed by atoms with Gasteiger partial charge < -0.3 is 10.6 Å². The third-order valence-electron chi connectivity index (χ3n) is 3.71. The van der Waals surface area contributed by atoms with Crippen molar-refractivity contribution in [1.82, 2.24) is 4.90 Å². The van der Waals surface area contributed by atoms with Gasteiger partial charge in [0.2, 0.25) is 5.91 Å². The molecule has 0 spiro atoms. The highest BCUT2D eigenvalue weighted by Gasteiger charge is 2.32. The van der Waals surface area contributed by atoms with Gasteiger partial charge in [0, 0.05) is 23.6 Å².